The molecule has 4 rings (SSSR count). The first-order valence-electron chi connectivity index (χ1n) is 10.8. The number of hydrogen-bond donors (Lipinski definition) is 0. The van der Waals surface area contributed by atoms with Crippen LogP contribution in [0.25, 0.3) is 11.5 Å². The average molecular weight is 419 g/mol. The van der Waals surface area contributed by atoms with Gasteiger partial charge in [-0.1, -0.05) is 55.8 Å². The van der Waals surface area contributed by atoms with E-state index in [4.69, 9.17) is 4.52 Å². The molecule has 0 radical (unpaired) electrons. The Morgan fingerprint density at radius 1 is 1.03 bits per heavy atom. The lowest BCUT2D eigenvalue weighted by Crippen LogP contribution is -2.48. The number of benzene rings is 2. The third-order valence-corrected chi connectivity index (χ3v) is 5.76. The number of aryl methyl sites for hydroxylation is 1. The molecule has 3 aromatic rings. The van der Waals surface area contributed by atoms with Crippen LogP contribution in [0, 0.1) is 6.92 Å². The van der Waals surface area contributed by atoms with Gasteiger partial charge in [0.05, 0.1) is 6.54 Å². The third kappa shape index (κ3) is 5.02. The van der Waals surface area contributed by atoms with Crippen LogP contribution in [0.1, 0.15) is 48.1 Å². The van der Waals surface area contributed by atoms with E-state index in [2.05, 4.69) is 47.9 Å². The maximum absolute atomic E-state index is 12.9. The van der Waals surface area contributed by atoms with Gasteiger partial charge in [0.25, 0.3) is 11.8 Å². The highest BCUT2D eigenvalue weighted by Gasteiger charge is 2.24. The van der Waals surface area contributed by atoms with E-state index in [9.17, 15) is 4.79 Å². The van der Waals surface area contributed by atoms with E-state index in [1.165, 1.54) is 5.56 Å². The summed E-state index contributed by atoms with van der Waals surface area (Å²) in [5.74, 6) is 1.32. The number of amides is 1. The van der Waals surface area contributed by atoms with Crippen molar-refractivity contribution in [1.82, 2.24) is 19.9 Å². The van der Waals surface area contributed by atoms with E-state index in [-0.39, 0.29) is 11.3 Å². The highest BCUT2D eigenvalue weighted by Crippen LogP contribution is 2.23. The van der Waals surface area contributed by atoms with Crippen molar-refractivity contribution in [2.45, 2.75) is 39.7 Å². The highest BCUT2D eigenvalue weighted by molar-refractivity contribution is 5.94. The fourth-order valence-corrected chi connectivity index (χ4v) is 3.82. The zero-order valence-corrected chi connectivity index (χ0v) is 18.8. The van der Waals surface area contributed by atoms with Gasteiger partial charge >= 0.3 is 0 Å². The predicted octanol–water partition coefficient (Wildman–Crippen LogP) is 4.30. The van der Waals surface area contributed by atoms with E-state index in [1.54, 1.807) is 0 Å². The average Bonchev–Trinajstić information content (AvgIpc) is 3.22. The van der Waals surface area contributed by atoms with Gasteiger partial charge in [0.2, 0.25) is 0 Å². The van der Waals surface area contributed by atoms with Crippen LogP contribution in [0.5, 0.6) is 0 Å². The molecule has 1 aliphatic rings. The van der Waals surface area contributed by atoms with Gasteiger partial charge in [0.15, 0.2) is 5.82 Å². The van der Waals surface area contributed by atoms with Gasteiger partial charge in [-0.3, -0.25) is 9.69 Å². The number of piperazine rings is 1. The van der Waals surface area contributed by atoms with Gasteiger partial charge in [0.1, 0.15) is 0 Å². The summed E-state index contributed by atoms with van der Waals surface area (Å²) in [4.78, 5) is 21.6. The molecular formula is C25H30N4O2. The minimum absolute atomic E-state index is 0.0849. The topological polar surface area (TPSA) is 62.5 Å². The minimum Gasteiger partial charge on any atom is -0.336 e. The second-order valence-corrected chi connectivity index (χ2v) is 9.28. The van der Waals surface area contributed by atoms with E-state index in [0.717, 1.165) is 29.8 Å². The Labute approximate surface area is 183 Å². The van der Waals surface area contributed by atoms with E-state index in [1.807, 2.05) is 48.2 Å². The third-order valence-electron chi connectivity index (χ3n) is 5.76. The molecule has 0 aliphatic carbocycles. The molecule has 0 bridgehead atoms. The first-order valence-corrected chi connectivity index (χ1v) is 10.8. The Hall–Kier alpha value is -2.99. The van der Waals surface area contributed by atoms with E-state index < -0.39 is 0 Å². The number of nitrogens with zero attached hydrogens (tertiary/aromatic N) is 4. The fourth-order valence-electron chi connectivity index (χ4n) is 3.82. The van der Waals surface area contributed by atoms with Crippen molar-refractivity contribution in [3.05, 3.63) is 71.0 Å². The molecule has 0 atom stereocenters. The molecule has 1 aromatic heterocycles. The molecule has 1 amide bonds. The number of rotatable bonds is 4. The van der Waals surface area contributed by atoms with Gasteiger partial charge in [0, 0.05) is 37.3 Å². The second-order valence-electron chi connectivity index (χ2n) is 9.28. The summed E-state index contributed by atoms with van der Waals surface area (Å²) in [6.07, 6.45) is 0. The van der Waals surface area contributed by atoms with Crippen molar-refractivity contribution in [3.8, 4) is 11.5 Å². The molecule has 1 fully saturated rings. The van der Waals surface area contributed by atoms with Crippen LogP contribution in [0.15, 0.2) is 53.1 Å². The quantitative estimate of drug-likeness (QED) is 0.632. The van der Waals surface area contributed by atoms with Crippen molar-refractivity contribution < 1.29 is 9.32 Å². The SMILES string of the molecule is Cc1cccc(-c2nc(CN3CCN(C(=O)c4ccc(C(C)(C)C)cc4)CC3)no2)c1. The molecule has 162 valence electrons. The van der Waals surface area contributed by atoms with E-state index >= 15 is 0 Å². The van der Waals surface area contributed by atoms with Crippen LogP contribution in [0.2, 0.25) is 0 Å². The Morgan fingerprint density at radius 2 is 1.74 bits per heavy atom. The molecule has 0 saturated carbocycles. The monoisotopic (exact) mass is 418 g/mol. The van der Waals surface area contributed by atoms with Crippen molar-refractivity contribution in [2.75, 3.05) is 26.2 Å². The van der Waals surface area contributed by atoms with Gasteiger partial charge < -0.3 is 9.42 Å². The summed E-state index contributed by atoms with van der Waals surface area (Å²) >= 11 is 0. The fraction of sp³-hybridized carbons (Fsp3) is 0.400. The highest BCUT2D eigenvalue weighted by atomic mass is 16.5. The van der Waals surface area contributed by atoms with E-state index in [0.29, 0.717) is 31.3 Å². The second kappa shape index (κ2) is 8.63. The summed E-state index contributed by atoms with van der Waals surface area (Å²) < 4.78 is 5.45. The first kappa shape index (κ1) is 21.2. The largest absolute Gasteiger partial charge is 0.336 e. The number of aromatic nitrogens is 2. The standard InChI is InChI=1S/C25H30N4O2/c1-18-6-5-7-20(16-18)23-26-22(27-31-23)17-28-12-14-29(15-13-28)24(30)19-8-10-21(11-9-19)25(2,3)4/h5-11,16H,12-15,17H2,1-4H3. The molecule has 1 saturated heterocycles. The van der Waals surface area contributed by atoms with Gasteiger partial charge in [-0.05, 0) is 42.2 Å². The Bertz CT molecular complexity index is 1040. The maximum Gasteiger partial charge on any atom is 0.257 e. The molecule has 6 heteroatoms. The molecule has 31 heavy (non-hydrogen) atoms. The van der Waals surface area contributed by atoms with Crippen LogP contribution >= 0.6 is 0 Å². The predicted molar refractivity (Wildman–Crippen MR) is 121 cm³/mol. The Balaban J connectivity index is 1.32. The normalized spacial score (nSPS) is 15.3. The van der Waals surface area contributed by atoms with Crippen LogP contribution in [0.3, 0.4) is 0 Å². The van der Waals surface area contributed by atoms with Gasteiger partial charge in [-0.15, -0.1) is 0 Å². The minimum atomic E-state index is 0.0849. The smallest absolute Gasteiger partial charge is 0.257 e. The molecule has 0 N–H and O–H groups in total. The summed E-state index contributed by atoms with van der Waals surface area (Å²) in [6.45, 7) is 12.2. The first-order chi connectivity index (χ1) is 14.8. The summed E-state index contributed by atoms with van der Waals surface area (Å²) in [6, 6.07) is 16.1. The zero-order chi connectivity index (χ0) is 22.0. The molecule has 6 nitrogen and oxygen atoms in total. The van der Waals surface area contributed by atoms with Gasteiger partial charge in [-0.25, -0.2) is 0 Å². The molecule has 2 aromatic carbocycles. The van der Waals surface area contributed by atoms with Gasteiger partial charge in [-0.2, -0.15) is 4.98 Å². The molecular weight excluding hydrogens is 388 g/mol. The lowest BCUT2D eigenvalue weighted by atomic mass is 9.86. The van der Waals surface area contributed by atoms with Crippen LogP contribution in [-0.4, -0.2) is 52.0 Å². The lowest BCUT2D eigenvalue weighted by Gasteiger charge is -2.34. The van der Waals surface area contributed by atoms with Crippen LogP contribution in [-0.2, 0) is 12.0 Å². The van der Waals surface area contributed by atoms with Crippen LogP contribution in [0.4, 0.5) is 0 Å². The number of carbonyl (C=O) groups excluding carboxylic acids is 1. The molecule has 2 heterocycles. The summed E-state index contributed by atoms with van der Waals surface area (Å²) in [5, 5.41) is 4.14. The van der Waals surface area contributed by atoms with Crippen molar-refractivity contribution in [3.63, 3.8) is 0 Å². The number of carbonyl (C=O) groups is 1. The maximum atomic E-state index is 12.9. The van der Waals surface area contributed by atoms with Crippen molar-refractivity contribution in [1.29, 1.82) is 0 Å². The number of hydrogen-bond acceptors (Lipinski definition) is 5. The zero-order valence-electron chi connectivity index (χ0n) is 18.8. The lowest BCUT2D eigenvalue weighted by molar-refractivity contribution is 0.0624. The molecule has 0 unspecified atom stereocenters. The summed E-state index contributed by atoms with van der Waals surface area (Å²) in [7, 11) is 0. The van der Waals surface area contributed by atoms with Crippen LogP contribution < -0.4 is 0 Å². The summed E-state index contributed by atoms with van der Waals surface area (Å²) in [5.41, 5.74) is 4.17. The van der Waals surface area contributed by atoms with Crippen molar-refractivity contribution >= 4 is 5.91 Å². The molecule has 1 aliphatic heterocycles. The Morgan fingerprint density at radius 3 is 2.39 bits per heavy atom. The molecule has 0 spiro atoms. The van der Waals surface area contributed by atoms with Crippen molar-refractivity contribution in [2.24, 2.45) is 0 Å². The Kier molecular flexibility index (Phi) is 5.92.